The van der Waals surface area contributed by atoms with Crippen LogP contribution in [0.3, 0.4) is 0 Å². The number of esters is 1. The van der Waals surface area contributed by atoms with Gasteiger partial charge in [0.25, 0.3) is 5.56 Å². The summed E-state index contributed by atoms with van der Waals surface area (Å²) in [4.78, 5) is 28.9. The zero-order chi connectivity index (χ0) is 14.1. The number of hydrogen-bond donors (Lipinski definition) is 2. The van der Waals surface area contributed by atoms with Crippen molar-refractivity contribution in [1.29, 1.82) is 0 Å². The maximum absolute atomic E-state index is 11.1. The average Bonchev–Trinajstić information content (AvgIpc) is 2.32. The Morgan fingerprint density at radius 1 is 1.47 bits per heavy atom. The highest BCUT2D eigenvalue weighted by Gasteiger charge is 2.02. The van der Waals surface area contributed by atoms with Crippen molar-refractivity contribution in [2.75, 3.05) is 18.1 Å². The molecule has 1 aromatic heterocycles. The van der Waals surface area contributed by atoms with Crippen molar-refractivity contribution in [1.82, 2.24) is 9.97 Å². The number of rotatable bonds is 8. The number of aromatic amines is 1. The van der Waals surface area contributed by atoms with Crippen molar-refractivity contribution >= 4 is 23.5 Å². The number of nitrogens with zero attached hydrogens (tertiary/aromatic N) is 1. The fourth-order valence-corrected chi connectivity index (χ4v) is 2.36. The summed E-state index contributed by atoms with van der Waals surface area (Å²) in [6, 6.07) is 1.25. The highest BCUT2D eigenvalue weighted by Crippen LogP contribution is 2.15. The summed E-state index contributed by atoms with van der Waals surface area (Å²) < 4.78 is 4.84. The number of nitrogens with one attached hydrogen (secondary N) is 1. The minimum atomic E-state index is -0.239. The van der Waals surface area contributed by atoms with Gasteiger partial charge in [-0.3, -0.25) is 9.59 Å². The van der Waals surface area contributed by atoms with Crippen LogP contribution in [-0.2, 0) is 9.53 Å². The maximum Gasteiger partial charge on any atom is 0.305 e. The molecule has 106 valence electrons. The fraction of sp³-hybridized carbons (Fsp3) is 0.583. The van der Waals surface area contributed by atoms with E-state index in [-0.39, 0.29) is 17.3 Å². The number of carbonyl (C=O) groups is 1. The lowest BCUT2D eigenvalue weighted by Gasteiger charge is -2.02. The van der Waals surface area contributed by atoms with Crippen LogP contribution in [-0.4, -0.2) is 28.3 Å². The van der Waals surface area contributed by atoms with Crippen LogP contribution in [0.4, 0.5) is 5.82 Å². The highest BCUT2D eigenvalue weighted by atomic mass is 32.2. The Labute approximate surface area is 116 Å². The summed E-state index contributed by atoms with van der Waals surface area (Å²) in [5.74, 6) is 0.917. The standard InChI is InChI=1S/C12H19N3O3S/c1-2-18-11(17)6-4-3-5-7-19-12-14-9(13)8-10(16)15-12/h8H,2-7H2,1H3,(H3,13,14,15,16). The second kappa shape index (κ2) is 8.58. The number of anilines is 1. The zero-order valence-electron chi connectivity index (χ0n) is 11.0. The SMILES string of the molecule is CCOC(=O)CCCCCSc1nc(N)cc(=O)[nH]1. The molecule has 0 aliphatic carbocycles. The molecule has 7 heteroatoms. The molecule has 1 heterocycles. The Morgan fingerprint density at radius 3 is 2.95 bits per heavy atom. The van der Waals surface area contributed by atoms with Crippen LogP contribution in [0.5, 0.6) is 0 Å². The van der Waals surface area contributed by atoms with E-state index < -0.39 is 0 Å². The smallest absolute Gasteiger partial charge is 0.305 e. The topological polar surface area (TPSA) is 98.1 Å². The van der Waals surface area contributed by atoms with E-state index in [4.69, 9.17) is 10.5 Å². The number of nitrogens with two attached hydrogens (primary N) is 1. The van der Waals surface area contributed by atoms with Crippen molar-refractivity contribution in [3.63, 3.8) is 0 Å². The molecule has 1 rings (SSSR count). The third-order valence-corrected chi connectivity index (χ3v) is 3.27. The molecule has 0 saturated heterocycles. The first-order valence-electron chi connectivity index (χ1n) is 6.27. The van der Waals surface area contributed by atoms with Gasteiger partial charge in [0, 0.05) is 18.2 Å². The highest BCUT2D eigenvalue weighted by molar-refractivity contribution is 7.99. The van der Waals surface area contributed by atoms with Gasteiger partial charge in [-0.1, -0.05) is 18.2 Å². The first kappa shape index (κ1) is 15.6. The first-order chi connectivity index (χ1) is 9.11. The van der Waals surface area contributed by atoms with Crippen molar-refractivity contribution in [2.24, 2.45) is 0 Å². The molecule has 0 unspecified atom stereocenters. The Balaban J connectivity index is 2.14. The van der Waals surface area contributed by atoms with Crippen LogP contribution in [0, 0.1) is 0 Å². The predicted molar refractivity (Wildman–Crippen MR) is 75.1 cm³/mol. The van der Waals surface area contributed by atoms with Crippen molar-refractivity contribution < 1.29 is 9.53 Å². The summed E-state index contributed by atoms with van der Waals surface area (Å²) in [5, 5.41) is 0.537. The lowest BCUT2D eigenvalue weighted by Crippen LogP contribution is -2.09. The van der Waals surface area contributed by atoms with E-state index in [1.165, 1.54) is 17.8 Å². The van der Waals surface area contributed by atoms with Gasteiger partial charge in [-0.05, 0) is 19.8 Å². The molecular weight excluding hydrogens is 266 g/mol. The lowest BCUT2D eigenvalue weighted by atomic mass is 10.2. The number of aromatic nitrogens is 2. The molecule has 0 aliphatic rings. The molecule has 0 spiro atoms. The van der Waals surface area contributed by atoms with Crippen molar-refractivity contribution in [3.8, 4) is 0 Å². The number of hydrogen-bond acceptors (Lipinski definition) is 6. The van der Waals surface area contributed by atoms with Gasteiger partial charge in [-0.2, -0.15) is 0 Å². The van der Waals surface area contributed by atoms with Gasteiger partial charge in [-0.25, -0.2) is 4.98 Å². The molecule has 0 bridgehead atoms. The largest absolute Gasteiger partial charge is 0.466 e. The second-order valence-corrected chi connectivity index (χ2v) is 5.02. The number of carbonyl (C=O) groups excluding carboxylic acids is 1. The number of unbranched alkanes of at least 4 members (excludes halogenated alkanes) is 2. The Hall–Kier alpha value is -1.50. The molecule has 19 heavy (non-hydrogen) atoms. The van der Waals surface area contributed by atoms with Gasteiger partial charge in [-0.15, -0.1) is 0 Å². The summed E-state index contributed by atoms with van der Waals surface area (Å²) in [5.41, 5.74) is 5.24. The van der Waals surface area contributed by atoms with E-state index >= 15 is 0 Å². The summed E-state index contributed by atoms with van der Waals surface area (Å²) in [6.07, 6.45) is 3.17. The monoisotopic (exact) mass is 285 g/mol. The summed E-state index contributed by atoms with van der Waals surface area (Å²) in [7, 11) is 0. The Morgan fingerprint density at radius 2 is 2.26 bits per heavy atom. The number of ether oxygens (including phenoxy) is 1. The summed E-state index contributed by atoms with van der Waals surface area (Å²) in [6.45, 7) is 2.23. The van der Waals surface area contributed by atoms with E-state index in [2.05, 4.69) is 9.97 Å². The van der Waals surface area contributed by atoms with Crippen LogP contribution >= 0.6 is 11.8 Å². The van der Waals surface area contributed by atoms with Gasteiger partial charge in [0.2, 0.25) is 0 Å². The predicted octanol–water partition coefficient (Wildman–Crippen LogP) is 1.57. The van der Waals surface area contributed by atoms with Crippen LogP contribution in [0.15, 0.2) is 16.0 Å². The molecular formula is C12H19N3O3S. The molecule has 0 saturated carbocycles. The van der Waals surface area contributed by atoms with Gasteiger partial charge in [0.05, 0.1) is 6.61 Å². The van der Waals surface area contributed by atoms with Gasteiger partial charge >= 0.3 is 5.97 Å². The molecule has 0 aromatic carbocycles. The Bertz CT molecular complexity index is 462. The van der Waals surface area contributed by atoms with Crippen molar-refractivity contribution in [2.45, 2.75) is 37.8 Å². The zero-order valence-corrected chi connectivity index (χ0v) is 11.8. The number of nitrogen functional groups attached to an aromatic ring is 1. The molecule has 1 aromatic rings. The van der Waals surface area contributed by atoms with Gasteiger partial charge in [0.15, 0.2) is 5.16 Å². The molecule has 3 N–H and O–H groups in total. The molecule has 6 nitrogen and oxygen atoms in total. The minimum Gasteiger partial charge on any atom is -0.466 e. The second-order valence-electron chi connectivity index (χ2n) is 3.94. The first-order valence-corrected chi connectivity index (χ1v) is 7.25. The Kier molecular flexibility index (Phi) is 7.02. The van der Waals surface area contributed by atoms with E-state index in [1.807, 2.05) is 0 Å². The average molecular weight is 285 g/mol. The van der Waals surface area contributed by atoms with Crippen LogP contribution < -0.4 is 11.3 Å². The van der Waals surface area contributed by atoms with Crippen LogP contribution in [0.25, 0.3) is 0 Å². The van der Waals surface area contributed by atoms with Crippen molar-refractivity contribution in [3.05, 3.63) is 16.4 Å². The van der Waals surface area contributed by atoms with E-state index in [0.717, 1.165) is 25.0 Å². The third kappa shape index (κ3) is 6.85. The molecule has 0 aliphatic heterocycles. The molecule has 0 fully saturated rings. The molecule has 0 radical (unpaired) electrons. The molecule has 0 atom stereocenters. The fourth-order valence-electron chi connectivity index (χ4n) is 1.47. The summed E-state index contributed by atoms with van der Waals surface area (Å²) >= 11 is 1.46. The quantitative estimate of drug-likeness (QED) is 0.325. The van der Waals surface area contributed by atoms with E-state index in [0.29, 0.717) is 18.2 Å². The lowest BCUT2D eigenvalue weighted by molar-refractivity contribution is -0.143. The maximum atomic E-state index is 11.1. The van der Waals surface area contributed by atoms with Gasteiger partial charge in [0.1, 0.15) is 5.82 Å². The van der Waals surface area contributed by atoms with Gasteiger partial charge < -0.3 is 15.5 Å². The number of thioether (sulfide) groups is 1. The number of H-pyrrole nitrogens is 1. The van der Waals surface area contributed by atoms with E-state index in [1.54, 1.807) is 6.92 Å². The van der Waals surface area contributed by atoms with Crippen LogP contribution in [0.1, 0.15) is 32.6 Å². The molecule has 0 amide bonds. The van der Waals surface area contributed by atoms with E-state index in [9.17, 15) is 9.59 Å². The third-order valence-electron chi connectivity index (χ3n) is 2.31. The normalized spacial score (nSPS) is 10.4. The minimum absolute atomic E-state index is 0.142. The van der Waals surface area contributed by atoms with Crippen LogP contribution in [0.2, 0.25) is 0 Å².